The van der Waals surface area contributed by atoms with E-state index in [2.05, 4.69) is 15.6 Å². The average molecular weight is 317 g/mol. The molecule has 5 nitrogen and oxygen atoms in total. The number of amides is 2. The topological polar surface area (TPSA) is 71.1 Å². The molecule has 6 heteroatoms. The highest BCUT2D eigenvalue weighted by molar-refractivity contribution is 7.12. The summed E-state index contributed by atoms with van der Waals surface area (Å²) in [7, 11) is 0. The summed E-state index contributed by atoms with van der Waals surface area (Å²) >= 11 is 1.40. The Labute approximate surface area is 133 Å². The van der Waals surface area contributed by atoms with Gasteiger partial charge in [0.2, 0.25) is 5.91 Å². The highest BCUT2D eigenvalue weighted by atomic mass is 32.1. The van der Waals surface area contributed by atoms with Crippen molar-refractivity contribution in [3.05, 3.63) is 52.5 Å². The van der Waals surface area contributed by atoms with E-state index >= 15 is 0 Å². The van der Waals surface area contributed by atoms with Crippen LogP contribution in [0.2, 0.25) is 0 Å². The molecule has 22 heavy (non-hydrogen) atoms. The smallest absolute Gasteiger partial charge is 0.261 e. The maximum Gasteiger partial charge on any atom is 0.261 e. The molecule has 0 aromatic carbocycles. The Kier molecular flexibility index (Phi) is 6.09. The highest BCUT2D eigenvalue weighted by Crippen LogP contribution is 2.09. The van der Waals surface area contributed by atoms with Crippen LogP contribution in [0, 0.1) is 0 Å². The van der Waals surface area contributed by atoms with E-state index in [9.17, 15) is 9.59 Å². The Bertz CT molecular complexity index is 599. The van der Waals surface area contributed by atoms with Gasteiger partial charge in [-0.2, -0.15) is 0 Å². The molecule has 2 N–H and O–H groups in total. The molecule has 2 heterocycles. The second-order valence-corrected chi connectivity index (χ2v) is 5.83. The van der Waals surface area contributed by atoms with Crippen molar-refractivity contribution in [1.29, 1.82) is 0 Å². The number of carbonyl (C=O) groups is 2. The molecule has 0 spiro atoms. The van der Waals surface area contributed by atoms with Crippen LogP contribution in [0.4, 0.5) is 0 Å². The van der Waals surface area contributed by atoms with Crippen LogP contribution in [-0.4, -0.2) is 23.3 Å². The minimum atomic E-state index is -0.116. The number of rotatable bonds is 7. The molecule has 2 aromatic heterocycles. The van der Waals surface area contributed by atoms with Crippen LogP contribution in [0.25, 0.3) is 0 Å². The van der Waals surface area contributed by atoms with Gasteiger partial charge in [-0.3, -0.25) is 14.6 Å². The fraction of sp³-hybridized carbons (Fsp3) is 0.312. The molecule has 0 fully saturated rings. The number of hydrogen-bond acceptors (Lipinski definition) is 4. The van der Waals surface area contributed by atoms with Crippen LogP contribution in [0.5, 0.6) is 0 Å². The molecule has 0 bridgehead atoms. The number of carbonyl (C=O) groups excluding carboxylic acids is 2. The van der Waals surface area contributed by atoms with E-state index in [1.54, 1.807) is 12.3 Å². The first-order chi connectivity index (χ1) is 10.7. The third-order valence-electron chi connectivity index (χ3n) is 3.12. The first-order valence-electron chi connectivity index (χ1n) is 7.19. The normalized spacial score (nSPS) is 11.7. The molecule has 0 saturated carbocycles. The minimum Gasteiger partial charge on any atom is -0.351 e. The minimum absolute atomic E-state index is 0.0384. The molecule has 0 saturated heterocycles. The second kappa shape index (κ2) is 8.29. The molecular formula is C16H19N3O2S. The van der Waals surface area contributed by atoms with Crippen LogP contribution in [-0.2, 0) is 4.79 Å². The lowest BCUT2D eigenvalue weighted by atomic mass is 10.2. The molecule has 0 aliphatic rings. The van der Waals surface area contributed by atoms with E-state index in [-0.39, 0.29) is 17.9 Å². The van der Waals surface area contributed by atoms with Gasteiger partial charge in [-0.05, 0) is 36.9 Å². The van der Waals surface area contributed by atoms with Gasteiger partial charge in [0.25, 0.3) is 5.91 Å². The van der Waals surface area contributed by atoms with Crippen LogP contribution < -0.4 is 10.6 Å². The van der Waals surface area contributed by atoms with Crippen molar-refractivity contribution >= 4 is 23.2 Å². The number of nitrogens with one attached hydrogen (secondary N) is 2. The Balaban J connectivity index is 1.65. The van der Waals surface area contributed by atoms with Crippen LogP contribution in [0.1, 0.15) is 41.2 Å². The van der Waals surface area contributed by atoms with Gasteiger partial charge in [0.05, 0.1) is 16.6 Å². The summed E-state index contributed by atoms with van der Waals surface area (Å²) in [6, 6.07) is 9.12. The summed E-state index contributed by atoms with van der Waals surface area (Å²) in [5.74, 6) is -0.124. The Hall–Kier alpha value is -2.21. The van der Waals surface area contributed by atoms with Crippen molar-refractivity contribution in [2.45, 2.75) is 25.8 Å². The fourth-order valence-corrected chi connectivity index (χ4v) is 2.61. The average Bonchev–Trinajstić information content (AvgIpc) is 3.06. The maximum atomic E-state index is 11.9. The van der Waals surface area contributed by atoms with Gasteiger partial charge in [0, 0.05) is 19.2 Å². The molecule has 0 aliphatic heterocycles. The molecular weight excluding hydrogens is 298 g/mol. The number of hydrogen-bond donors (Lipinski definition) is 2. The summed E-state index contributed by atoms with van der Waals surface area (Å²) < 4.78 is 0. The number of pyridine rings is 1. The highest BCUT2D eigenvalue weighted by Gasteiger charge is 2.10. The van der Waals surface area contributed by atoms with Gasteiger partial charge >= 0.3 is 0 Å². The number of thiophene rings is 1. The Morgan fingerprint density at radius 2 is 2.14 bits per heavy atom. The summed E-state index contributed by atoms with van der Waals surface area (Å²) in [5, 5.41) is 7.57. The Morgan fingerprint density at radius 1 is 1.27 bits per heavy atom. The van der Waals surface area contributed by atoms with Crippen molar-refractivity contribution in [3.63, 3.8) is 0 Å². The van der Waals surface area contributed by atoms with E-state index in [0.29, 0.717) is 24.3 Å². The third-order valence-corrected chi connectivity index (χ3v) is 3.99. The largest absolute Gasteiger partial charge is 0.351 e. The van der Waals surface area contributed by atoms with E-state index in [1.807, 2.05) is 36.6 Å². The van der Waals surface area contributed by atoms with Crippen molar-refractivity contribution < 1.29 is 9.59 Å². The van der Waals surface area contributed by atoms with E-state index in [0.717, 1.165) is 5.69 Å². The van der Waals surface area contributed by atoms with Crippen LogP contribution >= 0.6 is 11.3 Å². The molecule has 1 unspecified atom stereocenters. The van der Waals surface area contributed by atoms with Crippen molar-refractivity contribution in [3.8, 4) is 0 Å². The van der Waals surface area contributed by atoms with Crippen LogP contribution in [0.3, 0.4) is 0 Å². The second-order valence-electron chi connectivity index (χ2n) is 4.88. The third kappa shape index (κ3) is 4.96. The SMILES string of the molecule is CC(NC(=O)CCCNC(=O)c1cccs1)c1ccccn1. The molecule has 116 valence electrons. The lowest BCUT2D eigenvalue weighted by Gasteiger charge is -2.13. The van der Waals surface area contributed by atoms with Gasteiger partial charge in [-0.25, -0.2) is 0 Å². The monoisotopic (exact) mass is 317 g/mol. The van der Waals surface area contributed by atoms with Crippen molar-refractivity contribution in [2.24, 2.45) is 0 Å². The first kappa shape index (κ1) is 16.2. The maximum absolute atomic E-state index is 11.9. The van der Waals surface area contributed by atoms with Gasteiger partial charge in [-0.1, -0.05) is 12.1 Å². The summed E-state index contributed by atoms with van der Waals surface area (Å²) in [5.41, 5.74) is 0.835. The zero-order valence-electron chi connectivity index (χ0n) is 12.4. The zero-order valence-corrected chi connectivity index (χ0v) is 13.2. The predicted octanol–water partition coefficient (Wildman–Crippen LogP) is 2.53. The predicted molar refractivity (Wildman–Crippen MR) is 86.7 cm³/mol. The van der Waals surface area contributed by atoms with E-state index < -0.39 is 0 Å². The lowest BCUT2D eigenvalue weighted by molar-refractivity contribution is -0.121. The number of nitrogens with zero attached hydrogens (tertiary/aromatic N) is 1. The van der Waals surface area contributed by atoms with Crippen molar-refractivity contribution in [1.82, 2.24) is 15.6 Å². The number of aromatic nitrogens is 1. The molecule has 0 aliphatic carbocycles. The van der Waals surface area contributed by atoms with E-state index in [4.69, 9.17) is 0 Å². The summed E-state index contributed by atoms with van der Waals surface area (Å²) in [6.45, 7) is 2.39. The quantitative estimate of drug-likeness (QED) is 0.771. The van der Waals surface area contributed by atoms with Gasteiger partial charge in [0.15, 0.2) is 0 Å². The first-order valence-corrected chi connectivity index (χ1v) is 8.07. The summed E-state index contributed by atoms with van der Waals surface area (Å²) in [4.78, 5) is 28.5. The van der Waals surface area contributed by atoms with Crippen molar-refractivity contribution in [2.75, 3.05) is 6.54 Å². The van der Waals surface area contributed by atoms with Gasteiger partial charge in [-0.15, -0.1) is 11.3 Å². The molecule has 2 aromatic rings. The molecule has 2 amide bonds. The molecule has 0 radical (unpaired) electrons. The van der Waals surface area contributed by atoms with Gasteiger partial charge < -0.3 is 10.6 Å². The van der Waals surface area contributed by atoms with Gasteiger partial charge in [0.1, 0.15) is 0 Å². The standard InChI is InChI=1S/C16H19N3O2S/c1-12(13-6-2-3-9-17-13)19-15(20)8-4-10-18-16(21)14-7-5-11-22-14/h2-3,5-7,9,11-12H,4,8,10H2,1H3,(H,18,21)(H,19,20). The fourth-order valence-electron chi connectivity index (χ4n) is 1.97. The molecule has 1 atom stereocenters. The zero-order chi connectivity index (χ0) is 15.8. The Morgan fingerprint density at radius 3 is 2.82 bits per heavy atom. The molecule has 2 rings (SSSR count). The lowest BCUT2D eigenvalue weighted by Crippen LogP contribution is -2.29. The summed E-state index contributed by atoms with van der Waals surface area (Å²) in [6.07, 6.45) is 2.69. The van der Waals surface area contributed by atoms with E-state index in [1.165, 1.54) is 11.3 Å². The van der Waals surface area contributed by atoms with Crippen LogP contribution in [0.15, 0.2) is 41.9 Å².